The number of hydrogen-bond donors (Lipinski definition) is 2. The number of carbonyl (C=O) groups excluding carboxylic acids is 1. The zero-order chi connectivity index (χ0) is 15.8. The summed E-state index contributed by atoms with van der Waals surface area (Å²) >= 11 is 0. The fourth-order valence-electron chi connectivity index (χ4n) is 4.96. The van der Waals surface area contributed by atoms with Crippen molar-refractivity contribution in [1.82, 2.24) is 5.32 Å². The Morgan fingerprint density at radius 2 is 2.09 bits per heavy atom. The van der Waals surface area contributed by atoms with Crippen molar-refractivity contribution >= 4 is 11.6 Å². The second-order valence-corrected chi connectivity index (χ2v) is 7.45. The molecule has 1 aromatic rings. The molecule has 23 heavy (non-hydrogen) atoms. The first kappa shape index (κ1) is 15.0. The van der Waals surface area contributed by atoms with Crippen molar-refractivity contribution in [2.24, 2.45) is 23.5 Å². The number of fused-ring (bicyclic) bond motifs is 3. The molecule has 2 aliphatic carbocycles. The molecule has 0 saturated heterocycles. The molecule has 4 unspecified atom stereocenters. The number of benzene rings is 1. The van der Waals surface area contributed by atoms with Crippen LogP contribution in [0.25, 0.3) is 0 Å². The molecule has 2 bridgehead atoms. The number of para-hydroxylation sites is 1. The van der Waals surface area contributed by atoms with Gasteiger partial charge in [-0.2, -0.15) is 0 Å². The van der Waals surface area contributed by atoms with Crippen LogP contribution in [0, 0.1) is 17.8 Å². The average molecular weight is 313 g/mol. The van der Waals surface area contributed by atoms with Crippen LogP contribution >= 0.6 is 0 Å². The first-order chi connectivity index (χ1) is 11.2. The molecule has 0 aromatic heterocycles. The van der Waals surface area contributed by atoms with Gasteiger partial charge in [0.25, 0.3) is 0 Å². The van der Waals surface area contributed by atoms with Crippen LogP contribution in [0.4, 0.5) is 5.69 Å². The summed E-state index contributed by atoms with van der Waals surface area (Å²) in [6.07, 6.45) is 5.73. The van der Waals surface area contributed by atoms with Crippen molar-refractivity contribution in [3.05, 3.63) is 29.8 Å². The molecule has 2 fully saturated rings. The van der Waals surface area contributed by atoms with Gasteiger partial charge in [0.05, 0.1) is 5.92 Å². The van der Waals surface area contributed by atoms with E-state index >= 15 is 0 Å². The highest BCUT2D eigenvalue weighted by Gasteiger charge is 2.48. The Morgan fingerprint density at radius 1 is 1.26 bits per heavy atom. The maximum absolute atomic E-state index is 12.4. The summed E-state index contributed by atoms with van der Waals surface area (Å²) in [5, 5.41) is 3.14. The number of nitrogens with one attached hydrogen (secondary N) is 1. The lowest BCUT2D eigenvalue weighted by Gasteiger charge is -2.27. The maximum atomic E-state index is 12.4. The highest BCUT2D eigenvalue weighted by atomic mass is 16.1. The second kappa shape index (κ2) is 6.16. The van der Waals surface area contributed by atoms with Crippen molar-refractivity contribution in [3.8, 4) is 0 Å². The van der Waals surface area contributed by atoms with Crippen LogP contribution < -0.4 is 16.0 Å². The van der Waals surface area contributed by atoms with Crippen LogP contribution in [0.15, 0.2) is 24.3 Å². The van der Waals surface area contributed by atoms with E-state index < -0.39 is 0 Å². The van der Waals surface area contributed by atoms with Crippen molar-refractivity contribution in [2.45, 2.75) is 38.1 Å². The van der Waals surface area contributed by atoms with Crippen molar-refractivity contribution in [1.29, 1.82) is 0 Å². The fraction of sp³-hybridized carbons (Fsp3) is 0.632. The van der Waals surface area contributed by atoms with Crippen LogP contribution in [-0.2, 0) is 11.2 Å². The Labute approximate surface area is 138 Å². The monoisotopic (exact) mass is 313 g/mol. The highest BCUT2D eigenvalue weighted by Crippen LogP contribution is 2.47. The molecule has 3 N–H and O–H groups in total. The first-order valence-electron chi connectivity index (χ1n) is 9.10. The second-order valence-electron chi connectivity index (χ2n) is 7.45. The molecular weight excluding hydrogens is 286 g/mol. The standard InChI is InChI=1S/C19H27N3O/c20-18-15-7-6-14(12-15)17(18)19(23)21-9-3-10-22-11-8-13-4-1-2-5-16(13)22/h1-2,4-5,14-15,17-18H,3,6-12,20H2,(H,21,23). The smallest absolute Gasteiger partial charge is 0.224 e. The predicted molar refractivity (Wildman–Crippen MR) is 92.3 cm³/mol. The fourth-order valence-corrected chi connectivity index (χ4v) is 4.96. The molecule has 2 saturated carbocycles. The van der Waals surface area contributed by atoms with E-state index in [1.54, 1.807) is 0 Å². The molecule has 1 aromatic carbocycles. The lowest BCUT2D eigenvalue weighted by Crippen LogP contribution is -2.45. The van der Waals surface area contributed by atoms with E-state index in [9.17, 15) is 4.79 Å². The van der Waals surface area contributed by atoms with Gasteiger partial charge in [0.2, 0.25) is 5.91 Å². The van der Waals surface area contributed by atoms with Gasteiger partial charge in [-0.15, -0.1) is 0 Å². The average Bonchev–Trinajstić information content (AvgIpc) is 3.26. The van der Waals surface area contributed by atoms with Crippen LogP contribution in [0.1, 0.15) is 31.2 Å². The highest BCUT2D eigenvalue weighted by molar-refractivity contribution is 5.80. The van der Waals surface area contributed by atoms with Gasteiger partial charge in [0, 0.05) is 31.4 Å². The summed E-state index contributed by atoms with van der Waals surface area (Å²) < 4.78 is 0. The molecule has 0 spiro atoms. The molecule has 1 heterocycles. The van der Waals surface area contributed by atoms with Crippen molar-refractivity contribution in [3.63, 3.8) is 0 Å². The van der Waals surface area contributed by atoms with Crippen molar-refractivity contribution < 1.29 is 4.79 Å². The third-order valence-corrected chi connectivity index (χ3v) is 6.17. The number of nitrogens with zero attached hydrogens (tertiary/aromatic N) is 1. The van der Waals surface area contributed by atoms with Gasteiger partial charge < -0.3 is 16.0 Å². The predicted octanol–water partition coefficient (Wildman–Crippen LogP) is 1.93. The van der Waals surface area contributed by atoms with E-state index in [-0.39, 0.29) is 17.9 Å². The zero-order valence-electron chi connectivity index (χ0n) is 13.7. The maximum Gasteiger partial charge on any atom is 0.224 e. The first-order valence-corrected chi connectivity index (χ1v) is 9.10. The Hall–Kier alpha value is -1.55. The minimum absolute atomic E-state index is 0.0706. The van der Waals surface area contributed by atoms with Crippen LogP contribution in [0.3, 0.4) is 0 Å². The third kappa shape index (κ3) is 2.74. The van der Waals surface area contributed by atoms with Gasteiger partial charge in [0.1, 0.15) is 0 Å². The van der Waals surface area contributed by atoms with Gasteiger partial charge in [-0.1, -0.05) is 18.2 Å². The zero-order valence-corrected chi connectivity index (χ0v) is 13.7. The van der Waals surface area contributed by atoms with E-state index in [0.717, 1.165) is 32.5 Å². The third-order valence-electron chi connectivity index (χ3n) is 6.17. The number of nitrogens with two attached hydrogens (primary N) is 1. The van der Waals surface area contributed by atoms with Gasteiger partial charge in [-0.05, 0) is 55.6 Å². The minimum atomic E-state index is 0.0706. The lowest BCUT2D eigenvalue weighted by atomic mass is 9.84. The molecule has 4 rings (SSSR count). The molecule has 4 nitrogen and oxygen atoms in total. The summed E-state index contributed by atoms with van der Waals surface area (Å²) in [5.74, 6) is 1.41. The minimum Gasteiger partial charge on any atom is -0.371 e. The number of amides is 1. The van der Waals surface area contributed by atoms with Crippen LogP contribution in [0.2, 0.25) is 0 Å². The molecular formula is C19H27N3O. The van der Waals surface area contributed by atoms with Crippen molar-refractivity contribution in [2.75, 3.05) is 24.5 Å². The normalized spacial score (nSPS) is 31.4. The van der Waals surface area contributed by atoms with E-state index in [0.29, 0.717) is 11.8 Å². The molecule has 4 heteroatoms. The molecule has 1 aliphatic heterocycles. The van der Waals surface area contributed by atoms with Crippen LogP contribution in [0.5, 0.6) is 0 Å². The van der Waals surface area contributed by atoms with Crippen LogP contribution in [-0.4, -0.2) is 31.6 Å². The molecule has 124 valence electrons. The van der Waals surface area contributed by atoms with Gasteiger partial charge >= 0.3 is 0 Å². The summed E-state index contributed by atoms with van der Waals surface area (Å²) in [5.41, 5.74) is 9.07. The summed E-state index contributed by atoms with van der Waals surface area (Å²) in [7, 11) is 0. The molecule has 0 radical (unpaired) electrons. The van der Waals surface area contributed by atoms with E-state index in [1.807, 2.05) is 0 Å². The molecule has 3 aliphatic rings. The summed E-state index contributed by atoms with van der Waals surface area (Å²) in [6.45, 7) is 2.88. The Balaban J connectivity index is 1.23. The molecule has 4 atom stereocenters. The largest absolute Gasteiger partial charge is 0.371 e. The number of anilines is 1. The SMILES string of the molecule is NC1C2CCC(C2)C1C(=O)NCCCN1CCc2ccccc21. The number of rotatable bonds is 5. The summed E-state index contributed by atoms with van der Waals surface area (Å²) in [6, 6.07) is 8.73. The Kier molecular flexibility index (Phi) is 4.02. The van der Waals surface area contributed by atoms with Gasteiger partial charge in [-0.3, -0.25) is 4.79 Å². The Morgan fingerprint density at radius 3 is 2.91 bits per heavy atom. The quantitative estimate of drug-likeness (QED) is 0.817. The van der Waals surface area contributed by atoms with Gasteiger partial charge in [-0.25, -0.2) is 0 Å². The molecule has 1 amide bonds. The van der Waals surface area contributed by atoms with E-state index in [4.69, 9.17) is 5.73 Å². The topological polar surface area (TPSA) is 58.4 Å². The summed E-state index contributed by atoms with van der Waals surface area (Å²) in [4.78, 5) is 14.9. The lowest BCUT2D eigenvalue weighted by molar-refractivity contribution is -0.127. The van der Waals surface area contributed by atoms with Gasteiger partial charge in [0.15, 0.2) is 0 Å². The number of hydrogen-bond acceptors (Lipinski definition) is 3. The Bertz CT molecular complexity index is 586. The van der Waals surface area contributed by atoms with E-state index in [2.05, 4.69) is 34.5 Å². The van der Waals surface area contributed by atoms with E-state index in [1.165, 1.54) is 30.5 Å². The number of carbonyl (C=O) groups is 1.